The second kappa shape index (κ2) is 11.7. The summed E-state index contributed by atoms with van der Waals surface area (Å²) in [5.41, 5.74) is 12.3. The molecule has 55 heavy (non-hydrogen) atoms. The summed E-state index contributed by atoms with van der Waals surface area (Å²) in [5, 5.41) is 8.59. The van der Waals surface area contributed by atoms with Crippen LogP contribution in [0.2, 0.25) is 0 Å². The van der Waals surface area contributed by atoms with Crippen LogP contribution in [0.1, 0.15) is 0 Å². The predicted molar refractivity (Wildman–Crippen MR) is 232 cm³/mol. The van der Waals surface area contributed by atoms with Crippen LogP contribution in [0.15, 0.2) is 182 Å². The zero-order valence-electron chi connectivity index (χ0n) is 29.5. The number of fused-ring (bicyclic) bond motifs is 11. The van der Waals surface area contributed by atoms with Gasteiger partial charge in [-0.1, -0.05) is 109 Å². The van der Waals surface area contributed by atoms with Crippen LogP contribution in [0.4, 0.5) is 0 Å². The van der Waals surface area contributed by atoms with E-state index in [9.17, 15) is 0 Å². The van der Waals surface area contributed by atoms with Crippen LogP contribution in [0.3, 0.4) is 0 Å². The molecule has 12 rings (SSSR count). The molecule has 256 valence electrons. The molecule has 5 heteroatoms. The molecule has 8 aromatic carbocycles. The summed E-state index contributed by atoms with van der Waals surface area (Å²) in [5.74, 6) is 0. The van der Waals surface area contributed by atoms with E-state index in [1.165, 1.54) is 81.3 Å². The number of hydrogen-bond donors (Lipinski definition) is 0. The van der Waals surface area contributed by atoms with Gasteiger partial charge in [0.1, 0.15) is 10.3 Å². The first-order chi connectivity index (χ1) is 27.3. The summed E-state index contributed by atoms with van der Waals surface area (Å²) in [4.78, 5) is 11.2. The summed E-state index contributed by atoms with van der Waals surface area (Å²) >= 11 is 1.71. The van der Waals surface area contributed by atoms with Gasteiger partial charge in [0.2, 0.25) is 0 Å². The van der Waals surface area contributed by atoms with E-state index in [0.717, 1.165) is 27.3 Å². The standard InChI is InChI=1S/C50H30N4S/c1-2-13-35(14-3-1)53-43-19-8-6-17-38(43)40-28-32(21-24-45(40)53)33-22-25-46-41(29-33)39-18-7-9-20-44(39)54(46)36-15-10-12-34(27-36)42-30-51-49-48-37-16-5-4-11-31(37)23-26-47(48)55-50(49)52-42/h1-30H. The fourth-order valence-electron chi connectivity index (χ4n) is 8.68. The van der Waals surface area contributed by atoms with Crippen molar-refractivity contribution in [3.63, 3.8) is 0 Å². The van der Waals surface area contributed by atoms with Crippen LogP contribution in [-0.2, 0) is 0 Å². The van der Waals surface area contributed by atoms with Gasteiger partial charge >= 0.3 is 0 Å². The quantitative estimate of drug-likeness (QED) is 0.182. The summed E-state index contributed by atoms with van der Waals surface area (Å²) in [7, 11) is 0. The third-order valence-corrected chi connectivity index (χ3v) is 12.2. The van der Waals surface area contributed by atoms with E-state index in [1.807, 2.05) is 6.20 Å². The summed E-state index contributed by atoms with van der Waals surface area (Å²) in [6, 6.07) is 63.5. The van der Waals surface area contributed by atoms with E-state index in [1.54, 1.807) is 11.3 Å². The van der Waals surface area contributed by atoms with Crippen LogP contribution in [0, 0.1) is 0 Å². The molecular weight excluding hydrogens is 689 g/mol. The van der Waals surface area contributed by atoms with Crippen molar-refractivity contribution in [1.82, 2.24) is 19.1 Å². The lowest BCUT2D eigenvalue weighted by molar-refractivity contribution is 1.18. The molecule has 0 spiro atoms. The first-order valence-electron chi connectivity index (χ1n) is 18.6. The predicted octanol–water partition coefficient (Wildman–Crippen LogP) is 13.5. The molecule has 12 aromatic rings. The first kappa shape index (κ1) is 30.4. The Labute approximate surface area is 319 Å². The molecule has 0 radical (unpaired) electrons. The lowest BCUT2D eigenvalue weighted by Crippen LogP contribution is -1.95. The Hall–Kier alpha value is -7.08. The number of hydrogen-bond acceptors (Lipinski definition) is 3. The number of nitrogens with zero attached hydrogens (tertiary/aromatic N) is 4. The number of thiophene rings is 1. The maximum Gasteiger partial charge on any atom is 0.143 e. The molecule has 0 saturated carbocycles. The fraction of sp³-hybridized carbons (Fsp3) is 0. The maximum absolute atomic E-state index is 5.19. The van der Waals surface area contributed by atoms with Gasteiger partial charge in [-0.3, -0.25) is 4.98 Å². The molecule has 0 amide bonds. The Morgan fingerprint density at radius 2 is 1.02 bits per heavy atom. The molecular formula is C50H30N4S. The highest BCUT2D eigenvalue weighted by atomic mass is 32.1. The van der Waals surface area contributed by atoms with Gasteiger partial charge in [0.05, 0.1) is 34.0 Å². The van der Waals surface area contributed by atoms with Gasteiger partial charge < -0.3 is 9.13 Å². The minimum absolute atomic E-state index is 0.872. The van der Waals surface area contributed by atoms with Crippen LogP contribution in [0.5, 0.6) is 0 Å². The van der Waals surface area contributed by atoms with E-state index in [2.05, 4.69) is 185 Å². The summed E-state index contributed by atoms with van der Waals surface area (Å²) in [6.07, 6.45) is 1.93. The van der Waals surface area contributed by atoms with E-state index in [-0.39, 0.29) is 0 Å². The van der Waals surface area contributed by atoms with Gasteiger partial charge in [-0.05, 0) is 88.6 Å². The van der Waals surface area contributed by atoms with Gasteiger partial charge in [0, 0.05) is 48.6 Å². The molecule has 0 fully saturated rings. The van der Waals surface area contributed by atoms with E-state index < -0.39 is 0 Å². The Morgan fingerprint density at radius 3 is 1.75 bits per heavy atom. The van der Waals surface area contributed by atoms with E-state index in [4.69, 9.17) is 9.97 Å². The average molecular weight is 719 g/mol. The molecule has 0 N–H and O–H groups in total. The molecule has 4 heterocycles. The summed E-state index contributed by atoms with van der Waals surface area (Å²) in [6.45, 7) is 0. The topological polar surface area (TPSA) is 35.6 Å². The van der Waals surface area contributed by atoms with Crippen molar-refractivity contribution in [3.05, 3.63) is 182 Å². The van der Waals surface area contributed by atoms with Crippen molar-refractivity contribution in [1.29, 1.82) is 0 Å². The van der Waals surface area contributed by atoms with Crippen molar-refractivity contribution < 1.29 is 0 Å². The van der Waals surface area contributed by atoms with Gasteiger partial charge in [-0.25, -0.2) is 4.98 Å². The second-order valence-electron chi connectivity index (χ2n) is 14.2. The molecule has 0 unspecified atom stereocenters. The molecule has 0 bridgehead atoms. The van der Waals surface area contributed by atoms with Gasteiger partial charge in [-0.15, -0.1) is 11.3 Å². The zero-order chi connectivity index (χ0) is 36.0. The molecule has 0 aliphatic rings. The zero-order valence-corrected chi connectivity index (χ0v) is 30.3. The highest BCUT2D eigenvalue weighted by Crippen LogP contribution is 2.40. The fourth-order valence-corrected chi connectivity index (χ4v) is 9.73. The van der Waals surface area contributed by atoms with Crippen LogP contribution in [-0.4, -0.2) is 19.1 Å². The number of benzene rings is 8. The Bertz CT molecular complexity index is 3500. The van der Waals surface area contributed by atoms with Gasteiger partial charge in [0.15, 0.2) is 0 Å². The Morgan fingerprint density at radius 1 is 0.418 bits per heavy atom. The van der Waals surface area contributed by atoms with Crippen molar-refractivity contribution in [2.24, 2.45) is 0 Å². The molecule has 0 aliphatic heterocycles. The van der Waals surface area contributed by atoms with Crippen LogP contribution < -0.4 is 0 Å². The molecule has 4 aromatic heterocycles. The Balaban J connectivity index is 0.982. The van der Waals surface area contributed by atoms with Gasteiger partial charge in [-0.2, -0.15) is 0 Å². The lowest BCUT2D eigenvalue weighted by atomic mass is 10.0. The monoisotopic (exact) mass is 718 g/mol. The smallest absolute Gasteiger partial charge is 0.143 e. The van der Waals surface area contributed by atoms with Crippen LogP contribution >= 0.6 is 11.3 Å². The molecule has 0 aliphatic carbocycles. The number of para-hydroxylation sites is 3. The van der Waals surface area contributed by atoms with Crippen LogP contribution in [0.25, 0.3) is 109 Å². The second-order valence-corrected chi connectivity index (χ2v) is 15.3. The van der Waals surface area contributed by atoms with E-state index >= 15 is 0 Å². The first-order valence-corrected chi connectivity index (χ1v) is 19.4. The average Bonchev–Trinajstić information content (AvgIpc) is 3.91. The maximum atomic E-state index is 5.19. The molecule has 4 nitrogen and oxygen atoms in total. The van der Waals surface area contributed by atoms with Crippen molar-refractivity contribution >= 4 is 86.2 Å². The minimum atomic E-state index is 0.872. The molecule has 0 atom stereocenters. The largest absolute Gasteiger partial charge is 0.309 e. The highest BCUT2D eigenvalue weighted by Gasteiger charge is 2.17. The number of rotatable bonds is 4. The Kier molecular flexibility index (Phi) is 6.47. The SMILES string of the molecule is c1ccc(-n2c3ccccc3c3cc(-c4ccc5c(c4)c4ccccc4n5-c4cccc(-c5cnc6c(n5)sc5ccc7ccccc7c56)c4)ccc32)cc1. The van der Waals surface area contributed by atoms with Crippen molar-refractivity contribution in [2.45, 2.75) is 0 Å². The minimum Gasteiger partial charge on any atom is -0.309 e. The van der Waals surface area contributed by atoms with Gasteiger partial charge in [0.25, 0.3) is 0 Å². The number of aromatic nitrogens is 4. The van der Waals surface area contributed by atoms with Crippen molar-refractivity contribution in [2.75, 3.05) is 0 Å². The normalized spacial score (nSPS) is 12.0. The lowest BCUT2D eigenvalue weighted by Gasteiger charge is -2.11. The molecule has 0 saturated heterocycles. The third-order valence-electron chi connectivity index (χ3n) is 11.2. The highest BCUT2D eigenvalue weighted by molar-refractivity contribution is 7.25. The summed E-state index contributed by atoms with van der Waals surface area (Å²) < 4.78 is 5.96. The van der Waals surface area contributed by atoms with E-state index in [0.29, 0.717) is 0 Å². The third kappa shape index (κ3) is 4.57. The van der Waals surface area contributed by atoms with Crippen molar-refractivity contribution in [3.8, 4) is 33.8 Å².